The van der Waals surface area contributed by atoms with Crippen LogP contribution < -0.4 is 21.8 Å². The molecule has 0 spiro atoms. The van der Waals surface area contributed by atoms with E-state index in [0.29, 0.717) is 0 Å². The molecule has 2 rings (SSSR count). The van der Waals surface area contributed by atoms with E-state index in [4.69, 9.17) is 0 Å². The van der Waals surface area contributed by atoms with E-state index in [1.165, 1.54) is 19.2 Å². The van der Waals surface area contributed by atoms with Gasteiger partial charge in [-0.05, 0) is 18.2 Å². The minimum absolute atomic E-state index is 0.0734. The van der Waals surface area contributed by atoms with Crippen LogP contribution in [0.2, 0.25) is 0 Å². The first-order valence-electron chi connectivity index (χ1n) is 5.00. The van der Waals surface area contributed by atoms with Crippen LogP contribution in [0.4, 0.5) is 10.1 Å². The fraction of sp³-hybridized carbons (Fsp3) is 0.222. The van der Waals surface area contributed by atoms with Crippen LogP contribution in [0.1, 0.15) is 10.4 Å². The molecule has 1 aliphatic heterocycles. The predicted octanol–water partition coefficient (Wildman–Crippen LogP) is 0.287. The molecular formula is C9H11FN6O2. The smallest absolute Gasteiger partial charge is 0.254 e. The Morgan fingerprint density at radius 3 is 3.06 bits per heavy atom. The van der Waals surface area contributed by atoms with E-state index in [1.54, 1.807) is 0 Å². The number of carbonyl (C=O) groups excluding carboxylic acids is 1. The Morgan fingerprint density at radius 1 is 1.56 bits per heavy atom. The third-order valence-corrected chi connectivity index (χ3v) is 2.13. The summed E-state index contributed by atoms with van der Waals surface area (Å²) in [5.41, 5.74) is 7.63. The number of hydrogen-bond acceptors (Lipinski definition) is 7. The lowest BCUT2D eigenvalue weighted by molar-refractivity contribution is 0.0932. The maximum absolute atomic E-state index is 13.3. The second-order valence-electron chi connectivity index (χ2n) is 3.35. The van der Waals surface area contributed by atoms with Gasteiger partial charge in [-0.3, -0.25) is 15.1 Å². The van der Waals surface area contributed by atoms with E-state index in [9.17, 15) is 9.18 Å². The van der Waals surface area contributed by atoms with Crippen LogP contribution in [0, 0.1) is 5.82 Å². The first kappa shape index (κ1) is 12.2. The van der Waals surface area contributed by atoms with Crippen molar-refractivity contribution in [2.24, 2.45) is 10.3 Å². The lowest BCUT2D eigenvalue weighted by Crippen LogP contribution is -2.44. The lowest BCUT2D eigenvalue weighted by atomic mass is 10.2. The van der Waals surface area contributed by atoms with Gasteiger partial charge in [0.15, 0.2) is 0 Å². The number of halogens is 1. The molecule has 1 aliphatic rings. The van der Waals surface area contributed by atoms with E-state index in [1.807, 2.05) is 0 Å². The molecule has 96 valence electrons. The predicted molar refractivity (Wildman–Crippen MR) is 59.4 cm³/mol. The van der Waals surface area contributed by atoms with Crippen molar-refractivity contribution in [2.45, 2.75) is 6.29 Å². The van der Waals surface area contributed by atoms with Crippen molar-refractivity contribution in [2.75, 3.05) is 12.6 Å². The second kappa shape index (κ2) is 5.38. The molecule has 0 fully saturated rings. The monoisotopic (exact) mass is 254 g/mol. The average molecular weight is 254 g/mol. The molecule has 4 N–H and O–H groups in total. The van der Waals surface area contributed by atoms with Crippen molar-refractivity contribution >= 4 is 11.6 Å². The Bertz CT molecular complexity index is 480. The highest BCUT2D eigenvalue weighted by atomic mass is 19.1. The van der Waals surface area contributed by atoms with Gasteiger partial charge in [0.1, 0.15) is 5.82 Å². The van der Waals surface area contributed by atoms with Crippen molar-refractivity contribution in [3.05, 3.63) is 29.6 Å². The van der Waals surface area contributed by atoms with Crippen LogP contribution in [0.3, 0.4) is 0 Å². The molecule has 0 aromatic heterocycles. The molecule has 18 heavy (non-hydrogen) atoms. The molecule has 9 heteroatoms. The van der Waals surface area contributed by atoms with E-state index in [0.717, 1.165) is 6.07 Å². The van der Waals surface area contributed by atoms with E-state index < -0.39 is 18.0 Å². The molecule has 0 saturated carbocycles. The van der Waals surface area contributed by atoms with Crippen LogP contribution in [-0.4, -0.2) is 19.3 Å². The summed E-state index contributed by atoms with van der Waals surface area (Å²) in [7, 11) is 1.35. The summed E-state index contributed by atoms with van der Waals surface area (Å²) in [4.78, 5) is 16.4. The standard InChI is InChI=1S/C9H11FN6O2/c1-18-14-7-4-5(2-3-6(7)10)8(17)11-9-12-15-16-13-9/h2-4,9,14H,1H3,(H,11,17)(H,12,16)(H,13,15). The zero-order chi connectivity index (χ0) is 13.0. The van der Waals surface area contributed by atoms with Crippen molar-refractivity contribution in [1.29, 1.82) is 0 Å². The Morgan fingerprint density at radius 2 is 2.39 bits per heavy atom. The van der Waals surface area contributed by atoms with E-state index in [2.05, 4.69) is 36.9 Å². The number of rotatable bonds is 4. The van der Waals surface area contributed by atoms with Gasteiger partial charge >= 0.3 is 0 Å². The zero-order valence-corrected chi connectivity index (χ0v) is 9.40. The highest BCUT2D eigenvalue weighted by Crippen LogP contribution is 2.16. The van der Waals surface area contributed by atoms with Crippen molar-refractivity contribution < 1.29 is 14.0 Å². The summed E-state index contributed by atoms with van der Waals surface area (Å²) in [6.45, 7) is 0. The fourth-order valence-electron chi connectivity index (χ4n) is 1.33. The molecular weight excluding hydrogens is 243 g/mol. The number of carbonyl (C=O) groups is 1. The SMILES string of the molecule is CONc1cc(C(=O)NC2N=NNN2)ccc1F. The number of nitrogens with zero attached hydrogens (tertiary/aromatic N) is 2. The van der Waals surface area contributed by atoms with Crippen molar-refractivity contribution in [1.82, 2.24) is 16.3 Å². The van der Waals surface area contributed by atoms with Crippen LogP contribution in [-0.2, 0) is 4.84 Å². The van der Waals surface area contributed by atoms with Gasteiger partial charge in [0.05, 0.1) is 12.8 Å². The van der Waals surface area contributed by atoms with E-state index >= 15 is 0 Å². The van der Waals surface area contributed by atoms with Crippen molar-refractivity contribution in [3.8, 4) is 0 Å². The van der Waals surface area contributed by atoms with Gasteiger partial charge in [-0.15, -0.1) is 5.11 Å². The summed E-state index contributed by atoms with van der Waals surface area (Å²) in [6, 6.07) is 3.84. The summed E-state index contributed by atoms with van der Waals surface area (Å²) in [6.07, 6.45) is -0.651. The molecule has 0 radical (unpaired) electrons. The van der Waals surface area contributed by atoms with E-state index in [-0.39, 0.29) is 11.3 Å². The maximum Gasteiger partial charge on any atom is 0.254 e. The lowest BCUT2D eigenvalue weighted by Gasteiger charge is -2.10. The van der Waals surface area contributed by atoms with Gasteiger partial charge in [0.25, 0.3) is 5.91 Å². The van der Waals surface area contributed by atoms with Gasteiger partial charge in [-0.2, -0.15) is 5.43 Å². The molecule has 1 atom stereocenters. The fourth-order valence-corrected chi connectivity index (χ4v) is 1.33. The summed E-state index contributed by atoms with van der Waals surface area (Å²) in [5, 5.41) is 9.58. The average Bonchev–Trinajstić information content (AvgIpc) is 2.85. The van der Waals surface area contributed by atoms with Crippen LogP contribution in [0.15, 0.2) is 28.5 Å². The molecule has 1 aromatic rings. The Balaban J connectivity index is 2.09. The highest BCUT2D eigenvalue weighted by Gasteiger charge is 2.16. The largest absolute Gasteiger partial charge is 0.315 e. The summed E-state index contributed by atoms with van der Waals surface area (Å²) >= 11 is 0. The minimum Gasteiger partial charge on any atom is -0.315 e. The number of nitrogens with one attached hydrogen (secondary N) is 4. The van der Waals surface area contributed by atoms with Crippen LogP contribution >= 0.6 is 0 Å². The summed E-state index contributed by atoms with van der Waals surface area (Å²) < 4.78 is 13.3. The third-order valence-electron chi connectivity index (χ3n) is 2.13. The van der Waals surface area contributed by atoms with Gasteiger partial charge in [-0.25, -0.2) is 9.93 Å². The number of hydrazine groups is 1. The zero-order valence-electron chi connectivity index (χ0n) is 9.40. The second-order valence-corrected chi connectivity index (χ2v) is 3.35. The molecule has 1 unspecified atom stereocenters. The minimum atomic E-state index is -0.651. The molecule has 0 aliphatic carbocycles. The van der Waals surface area contributed by atoms with Crippen LogP contribution in [0.5, 0.6) is 0 Å². The first-order chi connectivity index (χ1) is 8.70. The first-order valence-corrected chi connectivity index (χ1v) is 5.00. The van der Waals surface area contributed by atoms with Gasteiger partial charge < -0.3 is 5.32 Å². The van der Waals surface area contributed by atoms with Gasteiger partial charge in [0.2, 0.25) is 6.29 Å². The molecule has 1 amide bonds. The maximum atomic E-state index is 13.3. The quantitative estimate of drug-likeness (QED) is 0.579. The third kappa shape index (κ3) is 2.70. The summed E-state index contributed by atoms with van der Waals surface area (Å²) in [5.74, 6) is -0.942. The molecule has 8 nitrogen and oxygen atoms in total. The normalized spacial score (nSPS) is 17.3. The van der Waals surface area contributed by atoms with Crippen LogP contribution in [0.25, 0.3) is 0 Å². The number of benzene rings is 1. The number of hydrogen-bond donors (Lipinski definition) is 4. The Hall–Kier alpha value is -2.26. The molecule has 1 aromatic carbocycles. The molecule has 1 heterocycles. The van der Waals surface area contributed by atoms with Gasteiger partial charge in [0, 0.05) is 5.56 Å². The topological polar surface area (TPSA) is 99.1 Å². The number of amides is 1. The molecule has 0 bridgehead atoms. The Labute approximate surface area is 102 Å². The molecule has 0 saturated heterocycles. The van der Waals surface area contributed by atoms with Crippen molar-refractivity contribution in [3.63, 3.8) is 0 Å². The Kier molecular flexibility index (Phi) is 3.65. The van der Waals surface area contributed by atoms with Gasteiger partial charge in [-0.1, -0.05) is 5.22 Å². The highest BCUT2D eigenvalue weighted by molar-refractivity contribution is 5.95. The number of anilines is 1.